The van der Waals surface area contributed by atoms with Crippen molar-refractivity contribution in [1.29, 1.82) is 5.26 Å². The molecule has 2 aromatic rings. The first kappa shape index (κ1) is 19.2. The van der Waals surface area contributed by atoms with Crippen LogP contribution in [0.4, 0.5) is 0 Å². The Balaban J connectivity index is 1.96. The maximum absolute atomic E-state index is 12.1. The second kappa shape index (κ2) is 8.32. The smallest absolute Gasteiger partial charge is 0.264 e. The van der Waals surface area contributed by atoms with Crippen molar-refractivity contribution >= 4 is 39.1 Å². The van der Waals surface area contributed by atoms with E-state index in [0.29, 0.717) is 10.6 Å². The van der Waals surface area contributed by atoms with Crippen LogP contribution in [0.3, 0.4) is 0 Å². The zero-order valence-corrected chi connectivity index (χ0v) is 15.0. The summed E-state index contributed by atoms with van der Waals surface area (Å²) in [5, 5.41) is 9.26. The van der Waals surface area contributed by atoms with Crippen LogP contribution in [0.15, 0.2) is 47.4 Å². The zero-order chi connectivity index (χ0) is 18.4. The molecule has 0 aliphatic heterocycles. The van der Waals surface area contributed by atoms with Gasteiger partial charge in [0.1, 0.15) is 12.7 Å². The molecule has 25 heavy (non-hydrogen) atoms. The number of nitriles is 1. The molecular formula is C16H12Cl2N2O4S. The summed E-state index contributed by atoms with van der Waals surface area (Å²) in [6, 6.07) is 12.3. The van der Waals surface area contributed by atoms with Crippen LogP contribution in [-0.2, 0) is 26.2 Å². The van der Waals surface area contributed by atoms with Gasteiger partial charge < -0.3 is 4.74 Å². The number of rotatable bonds is 6. The molecule has 1 amide bonds. The summed E-state index contributed by atoms with van der Waals surface area (Å²) in [5.41, 5.74) is 0.814. The minimum absolute atomic E-state index is 0.0206. The van der Waals surface area contributed by atoms with Crippen molar-refractivity contribution in [2.24, 2.45) is 0 Å². The molecule has 6 nitrogen and oxygen atoms in total. The number of nitrogens with zero attached hydrogens (tertiary/aromatic N) is 1. The van der Waals surface area contributed by atoms with Gasteiger partial charge in [-0.25, -0.2) is 13.1 Å². The average molecular weight is 399 g/mol. The number of carbonyl (C=O) groups excluding carboxylic acids is 1. The minimum Gasteiger partial charge on any atom is -0.367 e. The van der Waals surface area contributed by atoms with Crippen LogP contribution in [0.5, 0.6) is 0 Å². The van der Waals surface area contributed by atoms with Gasteiger partial charge in [-0.05, 0) is 29.8 Å². The van der Waals surface area contributed by atoms with E-state index in [4.69, 9.17) is 33.2 Å². The van der Waals surface area contributed by atoms with Crippen LogP contribution in [0.2, 0.25) is 10.0 Å². The van der Waals surface area contributed by atoms with Crippen molar-refractivity contribution in [3.63, 3.8) is 0 Å². The van der Waals surface area contributed by atoms with E-state index in [1.165, 1.54) is 12.1 Å². The highest BCUT2D eigenvalue weighted by atomic mass is 35.5. The average Bonchev–Trinajstić information content (AvgIpc) is 2.56. The summed E-state index contributed by atoms with van der Waals surface area (Å²) in [4.78, 5) is 11.6. The molecule has 0 atom stereocenters. The van der Waals surface area contributed by atoms with Crippen LogP contribution in [0.25, 0.3) is 0 Å². The normalized spacial score (nSPS) is 10.9. The topological polar surface area (TPSA) is 96.3 Å². The number of carbonyl (C=O) groups is 1. The Morgan fingerprint density at radius 2 is 1.88 bits per heavy atom. The Hall–Kier alpha value is -2.11. The van der Waals surface area contributed by atoms with Crippen LogP contribution < -0.4 is 4.72 Å². The number of hydrogen-bond acceptors (Lipinski definition) is 5. The predicted octanol–water partition coefficient (Wildman–Crippen LogP) is 2.89. The summed E-state index contributed by atoms with van der Waals surface area (Å²) in [6.07, 6.45) is 0. The van der Waals surface area contributed by atoms with Gasteiger partial charge in [0.25, 0.3) is 15.9 Å². The Morgan fingerprint density at radius 1 is 1.16 bits per heavy atom. The number of nitrogens with one attached hydrogen (secondary N) is 1. The molecule has 0 heterocycles. The molecule has 1 N–H and O–H groups in total. The molecule has 0 aliphatic carbocycles. The van der Waals surface area contributed by atoms with Crippen molar-refractivity contribution in [2.45, 2.75) is 11.5 Å². The Kier molecular flexibility index (Phi) is 6.39. The van der Waals surface area contributed by atoms with Gasteiger partial charge >= 0.3 is 0 Å². The van der Waals surface area contributed by atoms with Gasteiger partial charge in [0.05, 0.1) is 22.1 Å². The second-order valence-corrected chi connectivity index (χ2v) is 7.36. The molecule has 0 aromatic heterocycles. The second-order valence-electron chi connectivity index (χ2n) is 4.87. The molecule has 0 radical (unpaired) electrons. The van der Waals surface area contributed by atoms with Gasteiger partial charge in [-0.15, -0.1) is 0 Å². The molecule has 0 fully saturated rings. The van der Waals surface area contributed by atoms with Crippen LogP contribution in [-0.4, -0.2) is 20.9 Å². The maximum Gasteiger partial charge on any atom is 0.264 e. The highest BCUT2D eigenvalue weighted by Gasteiger charge is 2.19. The summed E-state index contributed by atoms with van der Waals surface area (Å²) in [7, 11) is -4.11. The van der Waals surface area contributed by atoms with E-state index in [1.807, 2.05) is 10.8 Å². The highest BCUT2D eigenvalue weighted by molar-refractivity contribution is 7.90. The maximum atomic E-state index is 12.1. The Labute approximate surface area is 155 Å². The molecule has 0 bridgehead atoms. The van der Waals surface area contributed by atoms with E-state index in [9.17, 15) is 13.2 Å². The fraction of sp³-hybridized carbons (Fsp3) is 0.125. The third-order valence-electron chi connectivity index (χ3n) is 3.07. The molecule has 2 aromatic carbocycles. The molecule has 0 saturated carbocycles. The summed E-state index contributed by atoms with van der Waals surface area (Å²) < 4.78 is 31.3. The summed E-state index contributed by atoms with van der Waals surface area (Å²) >= 11 is 11.8. The van der Waals surface area contributed by atoms with Crippen LogP contribution in [0.1, 0.15) is 11.1 Å². The van der Waals surface area contributed by atoms with Gasteiger partial charge in [0, 0.05) is 5.02 Å². The predicted molar refractivity (Wildman–Crippen MR) is 92.6 cm³/mol. The summed E-state index contributed by atoms with van der Waals surface area (Å²) in [5.74, 6) is -0.840. The zero-order valence-electron chi connectivity index (χ0n) is 12.7. The molecule has 2 rings (SSSR count). The quantitative estimate of drug-likeness (QED) is 0.806. The van der Waals surface area contributed by atoms with Gasteiger partial charge in [-0.1, -0.05) is 41.4 Å². The number of ether oxygens (including phenoxy) is 1. The third-order valence-corrected chi connectivity index (χ3v) is 5.12. The van der Waals surface area contributed by atoms with Crippen molar-refractivity contribution in [3.8, 4) is 6.07 Å². The van der Waals surface area contributed by atoms with Crippen molar-refractivity contribution in [2.75, 3.05) is 6.61 Å². The van der Waals surface area contributed by atoms with Gasteiger partial charge in [0.2, 0.25) is 0 Å². The lowest BCUT2D eigenvalue weighted by atomic mass is 10.2. The molecule has 9 heteroatoms. The standard InChI is InChI=1S/C16H12Cl2N2O4S/c17-14-4-2-1-3-12(14)9-24-10-16(21)20-25(22,23)13-6-5-11(8-19)15(18)7-13/h1-7H,9-10H2,(H,20,21). The number of hydrogen-bond donors (Lipinski definition) is 1. The lowest BCUT2D eigenvalue weighted by Crippen LogP contribution is -2.33. The number of benzene rings is 2. The minimum atomic E-state index is -4.11. The molecule has 130 valence electrons. The number of sulfonamides is 1. The molecule has 0 saturated heterocycles. The molecule has 0 unspecified atom stereocenters. The molecule has 0 spiro atoms. The van der Waals surface area contributed by atoms with E-state index in [2.05, 4.69) is 0 Å². The van der Waals surface area contributed by atoms with Gasteiger partial charge in [0.15, 0.2) is 0 Å². The number of halogens is 2. The first-order valence-corrected chi connectivity index (χ1v) is 9.14. The number of amides is 1. The first-order chi connectivity index (χ1) is 11.8. The highest BCUT2D eigenvalue weighted by Crippen LogP contribution is 2.20. The largest absolute Gasteiger partial charge is 0.367 e. The fourth-order valence-corrected chi connectivity index (χ4v) is 3.34. The van der Waals surface area contributed by atoms with Crippen molar-refractivity contribution in [3.05, 3.63) is 63.6 Å². The first-order valence-electron chi connectivity index (χ1n) is 6.90. The summed E-state index contributed by atoms with van der Waals surface area (Å²) in [6.45, 7) is -0.399. The monoisotopic (exact) mass is 398 g/mol. The fourth-order valence-electron chi connectivity index (χ4n) is 1.86. The van der Waals surface area contributed by atoms with Gasteiger partial charge in [-0.3, -0.25) is 4.79 Å². The SMILES string of the molecule is N#Cc1ccc(S(=O)(=O)NC(=O)COCc2ccccc2Cl)cc1Cl. The van der Waals surface area contributed by atoms with E-state index < -0.39 is 22.5 Å². The lowest BCUT2D eigenvalue weighted by Gasteiger charge is -2.09. The molecule has 0 aliphatic rings. The molecular weight excluding hydrogens is 387 g/mol. The van der Waals surface area contributed by atoms with Crippen molar-refractivity contribution in [1.82, 2.24) is 4.72 Å². The van der Waals surface area contributed by atoms with Crippen molar-refractivity contribution < 1.29 is 17.9 Å². The van der Waals surface area contributed by atoms with Gasteiger partial charge in [-0.2, -0.15) is 5.26 Å². The van der Waals surface area contributed by atoms with Crippen LogP contribution in [0, 0.1) is 11.3 Å². The van der Waals surface area contributed by atoms with E-state index in [-0.39, 0.29) is 22.1 Å². The Bertz CT molecular complexity index is 939. The third kappa shape index (κ3) is 5.18. The van der Waals surface area contributed by atoms with E-state index in [1.54, 1.807) is 24.3 Å². The van der Waals surface area contributed by atoms with E-state index in [0.717, 1.165) is 6.07 Å². The van der Waals surface area contributed by atoms with E-state index >= 15 is 0 Å². The van der Waals surface area contributed by atoms with Crippen LogP contribution >= 0.6 is 23.2 Å². The Morgan fingerprint density at radius 3 is 2.52 bits per heavy atom. The lowest BCUT2D eigenvalue weighted by molar-refractivity contribution is -0.124.